The first-order chi connectivity index (χ1) is 13.0. The van der Waals surface area contributed by atoms with Crippen molar-refractivity contribution in [1.82, 2.24) is 0 Å². The Kier molecular flexibility index (Phi) is 4.22. The van der Waals surface area contributed by atoms with Crippen LogP contribution < -0.4 is 0 Å². The Morgan fingerprint density at radius 3 is 2.78 bits per heavy atom. The van der Waals surface area contributed by atoms with E-state index in [1.165, 1.54) is 44.1 Å². The molecule has 0 saturated heterocycles. The number of rotatable bonds is 3. The van der Waals surface area contributed by atoms with Crippen LogP contribution in [0.5, 0.6) is 5.75 Å². The fourth-order valence-electron chi connectivity index (χ4n) is 7.54. The van der Waals surface area contributed by atoms with Gasteiger partial charge in [-0.05, 0) is 115 Å². The maximum atomic E-state index is 9.88. The van der Waals surface area contributed by atoms with Crippen LogP contribution in [0.15, 0.2) is 30.4 Å². The van der Waals surface area contributed by atoms with Crippen LogP contribution in [-0.4, -0.2) is 5.11 Å². The van der Waals surface area contributed by atoms with Crippen LogP contribution in [0.2, 0.25) is 0 Å². The lowest BCUT2D eigenvalue weighted by atomic mass is 9.53. The predicted molar refractivity (Wildman–Crippen MR) is 112 cm³/mol. The molecule has 0 bridgehead atoms. The fourth-order valence-corrected chi connectivity index (χ4v) is 7.54. The number of hydrogen-bond donors (Lipinski definition) is 1. The van der Waals surface area contributed by atoms with Crippen molar-refractivity contribution in [2.75, 3.05) is 0 Å². The molecule has 1 N–H and O–H groups in total. The summed E-state index contributed by atoms with van der Waals surface area (Å²) in [7, 11) is 0. The zero-order valence-electron chi connectivity index (χ0n) is 17.3. The van der Waals surface area contributed by atoms with Crippen LogP contribution in [0.3, 0.4) is 0 Å². The van der Waals surface area contributed by atoms with E-state index >= 15 is 0 Å². The number of benzene rings is 1. The molecule has 0 amide bonds. The van der Waals surface area contributed by atoms with Crippen LogP contribution in [0.1, 0.15) is 76.3 Å². The first-order valence-electron chi connectivity index (χ1n) is 11.5. The lowest BCUT2D eigenvalue weighted by Crippen LogP contribution is -2.43. The van der Waals surface area contributed by atoms with Gasteiger partial charge in [0.1, 0.15) is 5.75 Å². The Morgan fingerprint density at radius 1 is 1.19 bits per heavy atom. The molecule has 1 nitrogen and oxygen atoms in total. The van der Waals surface area contributed by atoms with E-state index in [4.69, 9.17) is 0 Å². The Labute approximate surface area is 165 Å². The molecule has 3 saturated carbocycles. The zero-order valence-corrected chi connectivity index (χ0v) is 17.3. The van der Waals surface area contributed by atoms with Gasteiger partial charge in [-0.25, -0.2) is 0 Å². The monoisotopic (exact) mass is 364 g/mol. The molecule has 1 heteroatoms. The van der Waals surface area contributed by atoms with Crippen LogP contribution in [0, 0.1) is 40.9 Å². The van der Waals surface area contributed by atoms with Crippen molar-refractivity contribution in [2.45, 2.75) is 71.6 Å². The molecule has 1 aromatic rings. The van der Waals surface area contributed by atoms with Crippen molar-refractivity contribution in [3.05, 3.63) is 41.5 Å². The number of phenols is 1. The molecule has 3 fully saturated rings. The fraction of sp³-hybridized carbons (Fsp3) is 0.692. The van der Waals surface area contributed by atoms with E-state index in [0.717, 1.165) is 47.8 Å². The molecule has 5 rings (SSSR count). The van der Waals surface area contributed by atoms with Crippen LogP contribution in [-0.2, 0) is 6.42 Å². The minimum atomic E-state index is 0.444. The molecule has 0 aliphatic heterocycles. The Hall–Kier alpha value is -1.24. The lowest BCUT2D eigenvalue weighted by molar-refractivity contribution is 0.0178. The van der Waals surface area contributed by atoms with Crippen LogP contribution >= 0.6 is 0 Å². The first-order valence-corrected chi connectivity index (χ1v) is 11.5. The smallest absolute Gasteiger partial charge is 0.115 e. The summed E-state index contributed by atoms with van der Waals surface area (Å²) < 4.78 is 0. The van der Waals surface area contributed by atoms with Crippen molar-refractivity contribution in [2.24, 2.45) is 40.9 Å². The molecular weight excluding hydrogens is 328 g/mol. The third-order valence-electron chi connectivity index (χ3n) is 9.25. The molecule has 4 aliphatic rings. The molecule has 0 spiro atoms. The summed E-state index contributed by atoms with van der Waals surface area (Å²) in [6.45, 7) is 7.52. The highest BCUT2D eigenvalue weighted by molar-refractivity contribution is 5.40. The van der Waals surface area contributed by atoms with Crippen LogP contribution in [0.25, 0.3) is 0 Å². The van der Waals surface area contributed by atoms with Gasteiger partial charge >= 0.3 is 0 Å². The maximum Gasteiger partial charge on any atom is 0.115 e. The van der Waals surface area contributed by atoms with E-state index < -0.39 is 0 Å². The predicted octanol–water partition coefficient (Wildman–Crippen LogP) is 6.71. The van der Waals surface area contributed by atoms with Crippen molar-refractivity contribution >= 4 is 0 Å². The highest BCUT2D eigenvalue weighted by Gasteiger charge is 2.55. The second-order valence-corrected chi connectivity index (χ2v) is 10.6. The quantitative estimate of drug-likeness (QED) is 0.591. The van der Waals surface area contributed by atoms with Gasteiger partial charge in [-0.3, -0.25) is 0 Å². The average molecular weight is 365 g/mol. The SMILES string of the molecule is CC(C=CC1CC1C)C1CCC2C3CCc4cc(O)ccc4C3CCC12C. The normalized spacial score (nSPS) is 43.8. The molecule has 146 valence electrons. The van der Waals surface area contributed by atoms with Gasteiger partial charge in [-0.1, -0.05) is 39.0 Å². The summed E-state index contributed by atoms with van der Waals surface area (Å²) in [6, 6.07) is 6.18. The third kappa shape index (κ3) is 2.88. The Balaban J connectivity index is 1.36. The van der Waals surface area contributed by atoms with Gasteiger partial charge < -0.3 is 5.11 Å². The van der Waals surface area contributed by atoms with Gasteiger partial charge in [-0.2, -0.15) is 0 Å². The van der Waals surface area contributed by atoms with E-state index in [-0.39, 0.29) is 0 Å². The molecule has 0 aromatic heterocycles. The van der Waals surface area contributed by atoms with Gasteiger partial charge in [-0.15, -0.1) is 0 Å². The molecule has 8 unspecified atom stereocenters. The van der Waals surface area contributed by atoms with Crippen molar-refractivity contribution in [3.8, 4) is 5.75 Å². The summed E-state index contributed by atoms with van der Waals surface area (Å²) in [6.07, 6.45) is 14.6. The van der Waals surface area contributed by atoms with Gasteiger partial charge in [0.15, 0.2) is 0 Å². The van der Waals surface area contributed by atoms with E-state index in [0.29, 0.717) is 11.2 Å². The van der Waals surface area contributed by atoms with E-state index in [2.05, 4.69) is 39.0 Å². The Morgan fingerprint density at radius 2 is 2.00 bits per heavy atom. The van der Waals surface area contributed by atoms with E-state index in [1.54, 1.807) is 5.56 Å². The van der Waals surface area contributed by atoms with Crippen molar-refractivity contribution < 1.29 is 5.11 Å². The van der Waals surface area contributed by atoms with Crippen molar-refractivity contribution in [1.29, 1.82) is 0 Å². The number of fused-ring (bicyclic) bond motifs is 5. The molecule has 1 aromatic carbocycles. The number of aromatic hydroxyl groups is 1. The zero-order chi connectivity index (χ0) is 18.8. The number of allylic oxidation sites excluding steroid dienone is 2. The van der Waals surface area contributed by atoms with Gasteiger partial charge in [0.05, 0.1) is 0 Å². The average Bonchev–Trinajstić information content (AvgIpc) is 3.24. The maximum absolute atomic E-state index is 9.88. The minimum absolute atomic E-state index is 0.444. The molecular formula is C26H36O. The molecule has 0 radical (unpaired) electrons. The summed E-state index contributed by atoms with van der Waals surface area (Å²) in [5, 5.41) is 9.88. The topological polar surface area (TPSA) is 20.2 Å². The van der Waals surface area contributed by atoms with Gasteiger partial charge in [0.2, 0.25) is 0 Å². The van der Waals surface area contributed by atoms with E-state index in [9.17, 15) is 5.11 Å². The van der Waals surface area contributed by atoms with Crippen molar-refractivity contribution in [3.63, 3.8) is 0 Å². The summed E-state index contributed by atoms with van der Waals surface area (Å²) >= 11 is 0. The first kappa shape index (κ1) is 17.8. The lowest BCUT2D eigenvalue weighted by Gasteiger charge is -2.51. The van der Waals surface area contributed by atoms with Crippen LogP contribution in [0.4, 0.5) is 0 Å². The summed E-state index contributed by atoms with van der Waals surface area (Å²) in [5.74, 6) is 6.36. The standard InChI is InChI=1S/C26H36O/c1-16(4-5-18-14-17(18)2)24-10-11-25-23-8-6-19-15-20(27)7-9-21(19)22(23)12-13-26(24,25)3/h4-5,7,9,15-18,22-25,27H,6,8,10-14H2,1-3H3. The number of aryl methyl sites for hydroxylation is 1. The molecule has 0 heterocycles. The largest absolute Gasteiger partial charge is 0.508 e. The second kappa shape index (κ2) is 6.39. The Bertz CT molecular complexity index is 749. The minimum Gasteiger partial charge on any atom is -0.508 e. The summed E-state index contributed by atoms with van der Waals surface area (Å²) in [4.78, 5) is 0. The van der Waals surface area contributed by atoms with Gasteiger partial charge in [0, 0.05) is 0 Å². The van der Waals surface area contributed by atoms with E-state index in [1.807, 2.05) is 12.1 Å². The molecule has 4 aliphatic carbocycles. The number of hydrogen-bond acceptors (Lipinski definition) is 1. The number of phenolic OH excluding ortho intramolecular Hbond substituents is 1. The highest BCUT2D eigenvalue weighted by Crippen LogP contribution is 2.64. The molecule has 27 heavy (non-hydrogen) atoms. The van der Waals surface area contributed by atoms with Gasteiger partial charge in [0.25, 0.3) is 0 Å². The highest BCUT2D eigenvalue weighted by atomic mass is 16.3. The molecule has 8 atom stereocenters. The summed E-state index contributed by atoms with van der Waals surface area (Å²) in [5.41, 5.74) is 3.52. The second-order valence-electron chi connectivity index (χ2n) is 10.6. The third-order valence-corrected chi connectivity index (χ3v) is 9.25.